The highest BCUT2D eigenvalue weighted by Crippen LogP contribution is 2.34. The third kappa shape index (κ3) is 4.50. The molecule has 3 aromatic carbocycles. The molecular weight excluding hydrogens is 460 g/mol. The van der Waals surface area contributed by atoms with Crippen LogP contribution in [-0.2, 0) is 10.0 Å². The summed E-state index contributed by atoms with van der Waals surface area (Å²) in [5, 5.41) is 3.65. The fourth-order valence-electron chi connectivity index (χ4n) is 3.33. The van der Waals surface area contributed by atoms with Crippen LogP contribution in [0.4, 0.5) is 11.4 Å². The highest BCUT2D eigenvalue weighted by Gasteiger charge is 2.23. The lowest BCUT2D eigenvalue weighted by Crippen LogP contribution is -2.26. The molecule has 1 heterocycles. The summed E-state index contributed by atoms with van der Waals surface area (Å²) in [6.45, 7) is 0. The molecule has 0 saturated heterocycles. The average molecular weight is 483 g/mol. The second kappa shape index (κ2) is 9.13. The van der Waals surface area contributed by atoms with Crippen LogP contribution in [0.25, 0.3) is 10.1 Å². The molecule has 7 nitrogen and oxygen atoms in total. The minimum Gasteiger partial charge on any atom is -0.493 e. The van der Waals surface area contributed by atoms with Crippen LogP contribution in [-0.4, -0.2) is 35.6 Å². The van der Waals surface area contributed by atoms with Crippen molar-refractivity contribution >= 4 is 48.7 Å². The van der Waals surface area contributed by atoms with Gasteiger partial charge in [0.25, 0.3) is 15.9 Å². The maximum Gasteiger partial charge on any atom is 0.265 e. The lowest BCUT2D eigenvalue weighted by Gasteiger charge is -2.20. The molecule has 0 radical (unpaired) electrons. The van der Waals surface area contributed by atoms with Crippen molar-refractivity contribution in [2.75, 3.05) is 30.9 Å². The van der Waals surface area contributed by atoms with E-state index in [0.29, 0.717) is 27.8 Å². The van der Waals surface area contributed by atoms with Crippen molar-refractivity contribution in [1.29, 1.82) is 0 Å². The van der Waals surface area contributed by atoms with Gasteiger partial charge in [-0.2, -0.15) is 0 Å². The predicted octanol–water partition coefficient (Wildman–Crippen LogP) is 5.00. The number of benzene rings is 3. The van der Waals surface area contributed by atoms with Crippen LogP contribution in [0.15, 0.2) is 77.7 Å². The van der Waals surface area contributed by atoms with Crippen molar-refractivity contribution in [2.24, 2.45) is 0 Å². The number of carbonyl (C=O) groups is 1. The molecule has 0 saturated carbocycles. The Bertz CT molecular complexity index is 1420. The third-order valence-corrected chi connectivity index (χ3v) is 8.03. The molecule has 1 N–H and O–H groups in total. The maximum atomic E-state index is 13.2. The maximum absolute atomic E-state index is 13.2. The number of ether oxygens (including phenoxy) is 2. The Labute approximate surface area is 196 Å². The lowest BCUT2D eigenvalue weighted by atomic mass is 10.2. The number of carbonyl (C=O) groups excluding carboxylic acids is 1. The fraction of sp³-hybridized carbons (Fsp3) is 0.125. The van der Waals surface area contributed by atoms with Crippen LogP contribution in [0.1, 0.15) is 9.67 Å². The molecule has 0 aliphatic carbocycles. The van der Waals surface area contributed by atoms with Crippen molar-refractivity contribution in [2.45, 2.75) is 4.90 Å². The van der Waals surface area contributed by atoms with Gasteiger partial charge in [0.1, 0.15) is 0 Å². The van der Waals surface area contributed by atoms with Crippen LogP contribution in [0.5, 0.6) is 11.5 Å². The standard InChI is InChI=1S/C24H22N2O5S2/c1-26(33(28,29)19-10-11-20(30-2)21(15-19)31-3)18-9-12-22-16(13-18)14-23(32-22)24(27)25-17-7-5-4-6-8-17/h4-15H,1-3H3,(H,25,27). The topological polar surface area (TPSA) is 84.9 Å². The van der Waals surface area contributed by atoms with E-state index in [1.807, 2.05) is 36.4 Å². The monoisotopic (exact) mass is 482 g/mol. The van der Waals surface area contributed by atoms with Crippen LogP contribution >= 0.6 is 11.3 Å². The number of hydrogen-bond donors (Lipinski definition) is 1. The Kier molecular flexibility index (Phi) is 6.26. The highest BCUT2D eigenvalue weighted by molar-refractivity contribution is 7.92. The van der Waals surface area contributed by atoms with Crippen molar-refractivity contribution in [3.8, 4) is 11.5 Å². The lowest BCUT2D eigenvalue weighted by molar-refractivity contribution is 0.103. The number of nitrogens with one attached hydrogen (secondary N) is 1. The molecule has 0 aliphatic rings. The Morgan fingerprint density at radius 1 is 0.909 bits per heavy atom. The van der Waals surface area contributed by atoms with E-state index in [1.54, 1.807) is 24.3 Å². The zero-order valence-corrected chi connectivity index (χ0v) is 19.9. The first-order chi connectivity index (χ1) is 15.8. The number of sulfonamides is 1. The van der Waals surface area contributed by atoms with Gasteiger partial charge in [-0.15, -0.1) is 11.3 Å². The van der Waals surface area contributed by atoms with Crippen molar-refractivity contribution in [1.82, 2.24) is 0 Å². The molecular formula is C24H22N2O5S2. The second-order valence-electron chi connectivity index (χ2n) is 7.14. The molecule has 1 aromatic heterocycles. The van der Waals surface area contributed by atoms with E-state index in [9.17, 15) is 13.2 Å². The van der Waals surface area contributed by atoms with E-state index >= 15 is 0 Å². The summed E-state index contributed by atoms with van der Waals surface area (Å²) < 4.78 is 39.0. The quantitative estimate of drug-likeness (QED) is 0.401. The molecule has 4 aromatic rings. The molecule has 170 valence electrons. The summed E-state index contributed by atoms with van der Waals surface area (Å²) in [4.78, 5) is 13.2. The summed E-state index contributed by atoms with van der Waals surface area (Å²) in [6.07, 6.45) is 0. The van der Waals surface area contributed by atoms with Crippen LogP contribution in [0, 0.1) is 0 Å². The van der Waals surface area contributed by atoms with Gasteiger partial charge in [-0.25, -0.2) is 8.42 Å². The summed E-state index contributed by atoms with van der Waals surface area (Å²) in [7, 11) is 0.583. The number of fused-ring (bicyclic) bond motifs is 1. The smallest absolute Gasteiger partial charge is 0.265 e. The highest BCUT2D eigenvalue weighted by atomic mass is 32.2. The zero-order valence-electron chi connectivity index (χ0n) is 18.2. The van der Waals surface area contributed by atoms with E-state index in [2.05, 4.69) is 5.32 Å². The normalized spacial score (nSPS) is 11.2. The molecule has 33 heavy (non-hydrogen) atoms. The largest absolute Gasteiger partial charge is 0.493 e. The molecule has 1 amide bonds. The van der Waals surface area contributed by atoms with E-state index in [-0.39, 0.29) is 10.8 Å². The number of para-hydroxylation sites is 1. The SMILES string of the molecule is COc1ccc(S(=O)(=O)N(C)c2ccc3sc(C(=O)Nc4ccccc4)cc3c2)cc1OC. The number of methoxy groups -OCH3 is 2. The van der Waals surface area contributed by atoms with Gasteiger partial charge >= 0.3 is 0 Å². The van der Waals surface area contributed by atoms with Crippen molar-refractivity contribution in [3.63, 3.8) is 0 Å². The van der Waals surface area contributed by atoms with Gasteiger partial charge in [-0.3, -0.25) is 9.10 Å². The third-order valence-electron chi connectivity index (χ3n) is 5.13. The molecule has 0 unspecified atom stereocenters. The van der Waals surface area contributed by atoms with Gasteiger partial charge < -0.3 is 14.8 Å². The fourth-order valence-corrected chi connectivity index (χ4v) is 5.47. The number of nitrogens with zero attached hydrogens (tertiary/aromatic N) is 1. The molecule has 0 fully saturated rings. The van der Waals surface area contributed by atoms with Crippen LogP contribution in [0.3, 0.4) is 0 Å². The van der Waals surface area contributed by atoms with Crippen molar-refractivity contribution < 1.29 is 22.7 Å². The predicted molar refractivity (Wildman–Crippen MR) is 131 cm³/mol. The summed E-state index contributed by atoms with van der Waals surface area (Å²) in [5.41, 5.74) is 1.19. The van der Waals surface area contributed by atoms with E-state index < -0.39 is 10.0 Å². The van der Waals surface area contributed by atoms with E-state index in [1.165, 1.54) is 49.0 Å². The van der Waals surface area contributed by atoms with Gasteiger partial charge in [-0.1, -0.05) is 18.2 Å². The first kappa shape index (κ1) is 22.6. The van der Waals surface area contributed by atoms with Crippen LogP contribution in [0.2, 0.25) is 0 Å². The van der Waals surface area contributed by atoms with Gasteiger partial charge in [0.2, 0.25) is 0 Å². The minimum atomic E-state index is -3.85. The summed E-state index contributed by atoms with van der Waals surface area (Å²) >= 11 is 1.35. The Balaban J connectivity index is 1.62. The molecule has 9 heteroatoms. The number of thiophene rings is 1. The molecule has 0 aliphatic heterocycles. The molecule has 0 spiro atoms. The second-order valence-corrected chi connectivity index (χ2v) is 10.2. The Hall–Kier alpha value is -3.56. The van der Waals surface area contributed by atoms with E-state index in [0.717, 1.165) is 10.1 Å². The zero-order chi connectivity index (χ0) is 23.6. The van der Waals surface area contributed by atoms with Crippen molar-refractivity contribution in [3.05, 3.63) is 77.7 Å². The Morgan fingerprint density at radius 2 is 1.64 bits per heavy atom. The average Bonchev–Trinajstić information content (AvgIpc) is 3.27. The molecule has 4 rings (SSSR count). The first-order valence-electron chi connectivity index (χ1n) is 9.94. The minimum absolute atomic E-state index is 0.0796. The first-order valence-corrected chi connectivity index (χ1v) is 12.2. The van der Waals surface area contributed by atoms with Gasteiger partial charge in [0.05, 0.1) is 29.7 Å². The summed E-state index contributed by atoms with van der Waals surface area (Å²) in [5.74, 6) is 0.560. The van der Waals surface area contributed by atoms with Gasteiger partial charge in [0, 0.05) is 23.5 Å². The number of rotatable bonds is 7. The van der Waals surface area contributed by atoms with E-state index in [4.69, 9.17) is 9.47 Å². The number of amides is 1. The number of anilines is 2. The Morgan fingerprint density at radius 3 is 2.33 bits per heavy atom. The molecule has 0 bridgehead atoms. The summed E-state index contributed by atoms with van der Waals surface area (Å²) in [6, 6.07) is 20.7. The number of hydrogen-bond acceptors (Lipinski definition) is 6. The molecule has 0 atom stereocenters. The van der Waals surface area contributed by atoms with Gasteiger partial charge in [-0.05, 0) is 53.9 Å². The van der Waals surface area contributed by atoms with Crippen LogP contribution < -0.4 is 19.1 Å². The van der Waals surface area contributed by atoms with Gasteiger partial charge in [0.15, 0.2) is 11.5 Å².